The number of hydrogen-bond donors (Lipinski definition) is 1. The summed E-state index contributed by atoms with van der Waals surface area (Å²) in [6.07, 6.45) is 0.249. The number of carbonyl (C=O) groups excluding carboxylic acids is 2. The van der Waals surface area contributed by atoms with Crippen molar-refractivity contribution in [1.29, 1.82) is 0 Å². The van der Waals surface area contributed by atoms with Crippen LogP contribution < -0.4 is 10.2 Å². The normalized spacial score (nSPS) is 13.8. The minimum Gasteiger partial charge on any atom is -0.368 e. The van der Waals surface area contributed by atoms with Gasteiger partial charge in [-0.25, -0.2) is 4.68 Å². The third-order valence-electron chi connectivity index (χ3n) is 5.54. The molecular weight excluding hydrogens is 428 g/mol. The molecule has 0 spiro atoms. The Morgan fingerprint density at radius 2 is 1.72 bits per heavy atom. The van der Waals surface area contributed by atoms with Crippen LogP contribution in [0.15, 0.2) is 54.6 Å². The first-order valence-electron chi connectivity index (χ1n) is 10.6. The summed E-state index contributed by atoms with van der Waals surface area (Å²) in [6.45, 7) is 4.97. The van der Waals surface area contributed by atoms with Crippen molar-refractivity contribution in [2.75, 3.05) is 37.6 Å². The number of nitrogens with zero attached hydrogens (tertiary/aromatic N) is 5. The van der Waals surface area contributed by atoms with Gasteiger partial charge in [0.1, 0.15) is 0 Å². The zero-order valence-electron chi connectivity index (χ0n) is 17.9. The van der Waals surface area contributed by atoms with Crippen LogP contribution in [0.5, 0.6) is 0 Å². The van der Waals surface area contributed by atoms with Crippen LogP contribution in [0.25, 0.3) is 5.69 Å². The SMILES string of the molecule is Cc1c(C(=O)NCCC(=O)N2CCN(c3ccccc3)CC2)nnn1-c1cccc(Cl)c1. The van der Waals surface area contributed by atoms with Gasteiger partial charge in [-0.15, -0.1) is 5.10 Å². The molecule has 1 aliphatic rings. The molecule has 2 amide bonds. The Kier molecular flexibility index (Phi) is 6.70. The Balaban J connectivity index is 1.26. The molecule has 32 heavy (non-hydrogen) atoms. The van der Waals surface area contributed by atoms with Crippen LogP contribution in [0.1, 0.15) is 22.6 Å². The molecule has 166 valence electrons. The number of aromatic nitrogens is 3. The summed E-state index contributed by atoms with van der Waals surface area (Å²) in [5.41, 5.74) is 2.74. The lowest BCUT2D eigenvalue weighted by Gasteiger charge is -2.36. The van der Waals surface area contributed by atoms with Gasteiger partial charge < -0.3 is 15.1 Å². The van der Waals surface area contributed by atoms with Crippen LogP contribution in [-0.4, -0.2) is 64.4 Å². The van der Waals surface area contributed by atoms with E-state index in [4.69, 9.17) is 11.6 Å². The van der Waals surface area contributed by atoms with E-state index in [1.807, 2.05) is 35.2 Å². The minimum atomic E-state index is -0.350. The number of rotatable bonds is 6. The van der Waals surface area contributed by atoms with Crippen molar-refractivity contribution in [1.82, 2.24) is 25.2 Å². The average Bonchev–Trinajstić information content (AvgIpc) is 3.21. The minimum absolute atomic E-state index is 0.0392. The predicted octanol–water partition coefficient (Wildman–Crippen LogP) is 2.70. The van der Waals surface area contributed by atoms with Crippen LogP contribution >= 0.6 is 11.6 Å². The molecule has 9 heteroatoms. The first-order valence-corrected chi connectivity index (χ1v) is 10.9. The molecule has 0 atom stereocenters. The van der Waals surface area contributed by atoms with E-state index >= 15 is 0 Å². The van der Waals surface area contributed by atoms with Crippen LogP contribution in [0.2, 0.25) is 5.02 Å². The average molecular weight is 453 g/mol. The highest BCUT2D eigenvalue weighted by atomic mass is 35.5. The van der Waals surface area contributed by atoms with Gasteiger partial charge in [0.25, 0.3) is 5.91 Å². The summed E-state index contributed by atoms with van der Waals surface area (Å²) in [4.78, 5) is 29.2. The molecule has 1 fully saturated rings. The molecule has 0 bridgehead atoms. The second-order valence-corrected chi connectivity index (χ2v) is 8.06. The number of amides is 2. The van der Waals surface area contributed by atoms with Gasteiger partial charge in [-0.2, -0.15) is 0 Å². The van der Waals surface area contributed by atoms with E-state index in [0.717, 1.165) is 18.8 Å². The lowest BCUT2D eigenvalue weighted by atomic mass is 10.2. The van der Waals surface area contributed by atoms with Crippen molar-refractivity contribution in [3.63, 3.8) is 0 Å². The highest BCUT2D eigenvalue weighted by Crippen LogP contribution is 2.17. The fraction of sp³-hybridized carbons (Fsp3) is 0.304. The lowest BCUT2D eigenvalue weighted by molar-refractivity contribution is -0.131. The number of nitrogens with one attached hydrogen (secondary N) is 1. The van der Waals surface area contributed by atoms with Crippen LogP contribution in [0.3, 0.4) is 0 Å². The van der Waals surface area contributed by atoms with Crippen molar-refractivity contribution < 1.29 is 9.59 Å². The maximum atomic E-state index is 12.6. The van der Waals surface area contributed by atoms with E-state index in [1.54, 1.807) is 23.7 Å². The van der Waals surface area contributed by atoms with Crippen molar-refractivity contribution in [2.24, 2.45) is 0 Å². The fourth-order valence-corrected chi connectivity index (χ4v) is 3.95. The Labute approximate surface area is 191 Å². The molecule has 0 unspecified atom stereocenters. The van der Waals surface area contributed by atoms with Crippen LogP contribution in [0, 0.1) is 6.92 Å². The zero-order valence-corrected chi connectivity index (χ0v) is 18.6. The Hall–Kier alpha value is -3.39. The van der Waals surface area contributed by atoms with E-state index in [-0.39, 0.29) is 30.5 Å². The Morgan fingerprint density at radius 3 is 2.44 bits per heavy atom. The fourth-order valence-electron chi connectivity index (χ4n) is 3.77. The van der Waals surface area contributed by atoms with Gasteiger partial charge >= 0.3 is 0 Å². The van der Waals surface area contributed by atoms with Crippen molar-refractivity contribution >= 4 is 29.1 Å². The van der Waals surface area contributed by atoms with Gasteiger partial charge in [0.15, 0.2) is 5.69 Å². The van der Waals surface area contributed by atoms with Crippen LogP contribution in [-0.2, 0) is 4.79 Å². The van der Waals surface area contributed by atoms with Gasteiger partial charge in [0.2, 0.25) is 5.91 Å². The molecule has 1 aromatic heterocycles. The highest BCUT2D eigenvalue weighted by molar-refractivity contribution is 6.30. The molecule has 0 aliphatic carbocycles. The largest absolute Gasteiger partial charge is 0.368 e. The molecule has 3 aromatic rings. The Morgan fingerprint density at radius 1 is 1.00 bits per heavy atom. The maximum absolute atomic E-state index is 12.6. The molecule has 1 N–H and O–H groups in total. The first kappa shape index (κ1) is 21.8. The number of para-hydroxylation sites is 1. The number of piperazine rings is 1. The van der Waals surface area contributed by atoms with Gasteiger partial charge in [0, 0.05) is 49.9 Å². The molecule has 8 nitrogen and oxygen atoms in total. The molecular formula is C23H25ClN6O2. The van der Waals surface area contributed by atoms with Crippen molar-refractivity contribution in [3.8, 4) is 5.69 Å². The number of benzene rings is 2. The second kappa shape index (κ2) is 9.82. The standard InChI is InChI=1S/C23H25ClN6O2/c1-17-22(26-27-30(17)20-9-5-6-18(24)16-20)23(32)25-11-10-21(31)29-14-12-28(13-15-29)19-7-3-2-4-8-19/h2-9,16H,10-15H2,1H3,(H,25,32). The number of anilines is 1. The van der Waals surface area contributed by atoms with Gasteiger partial charge in [-0.3, -0.25) is 9.59 Å². The summed E-state index contributed by atoms with van der Waals surface area (Å²) < 4.78 is 1.57. The summed E-state index contributed by atoms with van der Waals surface area (Å²) >= 11 is 6.04. The molecule has 4 rings (SSSR count). The maximum Gasteiger partial charge on any atom is 0.273 e. The van der Waals surface area contributed by atoms with E-state index in [2.05, 4.69) is 32.7 Å². The molecule has 2 aromatic carbocycles. The van der Waals surface area contributed by atoms with Crippen LogP contribution in [0.4, 0.5) is 5.69 Å². The summed E-state index contributed by atoms with van der Waals surface area (Å²) in [5, 5.41) is 11.4. The van der Waals surface area contributed by atoms with E-state index in [1.165, 1.54) is 5.69 Å². The molecule has 2 heterocycles. The van der Waals surface area contributed by atoms with Gasteiger partial charge in [-0.1, -0.05) is 41.1 Å². The summed E-state index contributed by atoms with van der Waals surface area (Å²) in [6, 6.07) is 17.4. The molecule has 1 aliphatic heterocycles. The number of carbonyl (C=O) groups is 2. The topological polar surface area (TPSA) is 83.4 Å². The van der Waals surface area contributed by atoms with Crippen molar-refractivity contribution in [2.45, 2.75) is 13.3 Å². The van der Waals surface area contributed by atoms with Gasteiger partial charge in [0.05, 0.1) is 11.4 Å². The third-order valence-corrected chi connectivity index (χ3v) is 5.78. The highest BCUT2D eigenvalue weighted by Gasteiger charge is 2.22. The summed E-state index contributed by atoms with van der Waals surface area (Å²) in [5.74, 6) is -0.310. The van der Waals surface area contributed by atoms with E-state index in [9.17, 15) is 9.59 Å². The smallest absolute Gasteiger partial charge is 0.273 e. The van der Waals surface area contributed by atoms with E-state index < -0.39 is 0 Å². The monoisotopic (exact) mass is 452 g/mol. The van der Waals surface area contributed by atoms with Gasteiger partial charge in [-0.05, 0) is 37.3 Å². The van der Waals surface area contributed by atoms with E-state index in [0.29, 0.717) is 23.8 Å². The zero-order chi connectivity index (χ0) is 22.5. The Bertz CT molecular complexity index is 1090. The van der Waals surface area contributed by atoms with Crippen molar-refractivity contribution in [3.05, 3.63) is 71.0 Å². The lowest BCUT2D eigenvalue weighted by Crippen LogP contribution is -2.49. The molecule has 1 saturated heterocycles. The quantitative estimate of drug-likeness (QED) is 0.621. The first-order chi connectivity index (χ1) is 15.5. The second-order valence-electron chi connectivity index (χ2n) is 7.62. The number of halogens is 1. The molecule has 0 radical (unpaired) electrons. The summed E-state index contributed by atoms with van der Waals surface area (Å²) in [7, 11) is 0. The predicted molar refractivity (Wildman–Crippen MR) is 123 cm³/mol. The third kappa shape index (κ3) is 4.91. The number of hydrogen-bond acceptors (Lipinski definition) is 5. The molecule has 0 saturated carbocycles.